The molecule has 2 aromatic carbocycles. The van der Waals surface area contributed by atoms with Crippen molar-refractivity contribution in [2.75, 3.05) is 11.7 Å². The summed E-state index contributed by atoms with van der Waals surface area (Å²) in [5.41, 5.74) is 2.98. The van der Waals surface area contributed by atoms with Gasteiger partial charge in [-0.2, -0.15) is 0 Å². The van der Waals surface area contributed by atoms with Gasteiger partial charge in [0.15, 0.2) is 15.8 Å². The van der Waals surface area contributed by atoms with Crippen LogP contribution in [0.3, 0.4) is 0 Å². The van der Waals surface area contributed by atoms with Gasteiger partial charge in [-0.3, -0.25) is 9.69 Å². The summed E-state index contributed by atoms with van der Waals surface area (Å²) in [6, 6.07) is 13.7. The van der Waals surface area contributed by atoms with Crippen molar-refractivity contribution in [1.82, 2.24) is 0 Å². The zero-order valence-corrected chi connectivity index (χ0v) is 16.6. The lowest BCUT2D eigenvalue weighted by Crippen LogP contribution is -2.27. The van der Waals surface area contributed by atoms with Crippen LogP contribution in [0, 0.1) is 0 Å². The van der Waals surface area contributed by atoms with Crippen molar-refractivity contribution in [3.05, 3.63) is 58.5 Å². The van der Waals surface area contributed by atoms with Crippen molar-refractivity contribution >= 4 is 46.0 Å². The van der Waals surface area contributed by atoms with Crippen LogP contribution in [-0.4, -0.2) is 17.0 Å². The quantitative estimate of drug-likeness (QED) is 0.514. The molecule has 1 amide bonds. The van der Waals surface area contributed by atoms with Crippen LogP contribution >= 0.6 is 24.0 Å². The van der Waals surface area contributed by atoms with Crippen molar-refractivity contribution in [2.24, 2.45) is 0 Å². The number of hydrogen-bond donors (Lipinski definition) is 0. The Morgan fingerprint density at radius 1 is 1.15 bits per heavy atom. The molecule has 0 aromatic heterocycles. The summed E-state index contributed by atoms with van der Waals surface area (Å²) in [5, 5.41) is 0. The van der Waals surface area contributed by atoms with E-state index in [4.69, 9.17) is 21.7 Å². The maximum Gasteiger partial charge on any atom is 0.270 e. The number of carbonyl (C=O) groups excluding carboxylic acids is 1. The van der Waals surface area contributed by atoms with Gasteiger partial charge >= 0.3 is 0 Å². The molecule has 1 saturated heterocycles. The zero-order valence-electron chi connectivity index (χ0n) is 14.9. The van der Waals surface area contributed by atoms with Crippen LogP contribution in [0.1, 0.15) is 30.9 Å². The third-order valence-electron chi connectivity index (χ3n) is 4.50. The lowest BCUT2D eigenvalue weighted by molar-refractivity contribution is -0.113. The number of benzene rings is 2. The van der Waals surface area contributed by atoms with E-state index in [1.165, 1.54) is 30.2 Å². The van der Waals surface area contributed by atoms with E-state index in [2.05, 4.69) is 19.1 Å². The smallest absolute Gasteiger partial charge is 0.270 e. The molecule has 0 saturated carbocycles. The largest absolute Gasteiger partial charge is 0.454 e. The van der Waals surface area contributed by atoms with Gasteiger partial charge < -0.3 is 9.47 Å². The molecule has 2 aliphatic heterocycles. The number of amides is 1. The first-order valence-electron chi connectivity index (χ1n) is 8.92. The Hall–Kier alpha value is -2.31. The Balaban J connectivity index is 1.55. The maximum atomic E-state index is 12.9. The molecular weight excluding hydrogens is 378 g/mol. The standard InChI is InChI=1S/C21H19NO3S2/c1-2-3-4-14-5-8-16(9-6-14)22-20(23)19(27-21(22)26)12-15-7-10-17-18(11-15)25-13-24-17/h5-12H,2-4,13H2,1H3/b19-12-. The monoisotopic (exact) mass is 397 g/mol. The van der Waals surface area contributed by atoms with Crippen molar-refractivity contribution < 1.29 is 14.3 Å². The first-order chi connectivity index (χ1) is 13.2. The van der Waals surface area contributed by atoms with Crippen LogP contribution in [-0.2, 0) is 11.2 Å². The number of aryl methyl sites for hydroxylation is 1. The Labute approximate surface area is 168 Å². The summed E-state index contributed by atoms with van der Waals surface area (Å²) in [4.78, 5) is 15.1. The number of thiocarbonyl (C=S) groups is 1. The summed E-state index contributed by atoms with van der Waals surface area (Å²) in [6.07, 6.45) is 5.23. The number of thioether (sulfide) groups is 1. The number of ether oxygens (including phenoxy) is 2. The highest BCUT2D eigenvalue weighted by molar-refractivity contribution is 8.27. The van der Waals surface area contributed by atoms with E-state index in [1.807, 2.05) is 36.4 Å². The molecule has 0 radical (unpaired) electrons. The summed E-state index contributed by atoms with van der Waals surface area (Å²) in [5.74, 6) is 1.33. The molecule has 0 spiro atoms. The number of anilines is 1. The molecule has 0 N–H and O–H groups in total. The number of carbonyl (C=O) groups is 1. The van der Waals surface area contributed by atoms with Gasteiger partial charge in [0.05, 0.1) is 10.6 Å². The first-order valence-corrected chi connectivity index (χ1v) is 10.1. The van der Waals surface area contributed by atoms with E-state index in [9.17, 15) is 4.79 Å². The van der Waals surface area contributed by atoms with Crippen molar-refractivity contribution in [2.45, 2.75) is 26.2 Å². The highest BCUT2D eigenvalue weighted by Gasteiger charge is 2.33. The average Bonchev–Trinajstić information content (AvgIpc) is 3.25. The van der Waals surface area contributed by atoms with Crippen molar-refractivity contribution in [3.63, 3.8) is 0 Å². The second-order valence-corrected chi connectivity index (χ2v) is 8.08. The molecule has 4 rings (SSSR count). The predicted octanol–water partition coefficient (Wildman–Crippen LogP) is 5.16. The zero-order chi connectivity index (χ0) is 18.8. The van der Waals surface area contributed by atoms with Crippen LogP contribution in [0.25, 0.3) is 6.08 Å². The fourth-order valence-corrected chi connectivity index (χ4v) is 4.34. The first kappa shape index (κ1) is 18.1. The summed E-state index contributed by atoms with van der Waals surface area (Å²) in [7, 11) is 0. The third-order valence-corrected chi connectivity index (χ3v) is 5.80. The summed E-state index contributed by atoms with van der Waals surface area (Å²) >= 11 is 6.78. The molecule has 0 aliphatic carbocycles. The molecule has 2 heterocycles. The van der Waals surface area contributed by atoms with Gasteiger partial charge in [-0.15, -0.1) is 0 Å². The number of unbranched alkanes of at least 4 members (excludes halogenated alkanes) is 1. The SMILES string of the molecule is CCCCc1ccc(N2C(=O)/C(=C/c3ccc4c(c3)OCO4)SC2=S)cc1. The van der Waals surface area contributed by atoms with Crippen LogP contribution in [0.4, 0.5) is 5.69 Å². The molecule has 1 fully saturated rings. The fourth-order valence-electron chi connectivity index (χ4n) is 3.04. The van der Waals surface area contributed by atoms with E-state index in [1.54, 1.807) is 4.90 Å². The molecule has 0 atom stereocenters. The number of hydrogen-bond acceptors (Lipinski definition) is 5. The van der Waals surface area contributed by atoms with E-state index < -0.39 is 0 Å². The maximum absolute atomic E-state index is 12.9. The van der Waals surface area contributed by atoms with E-state index in [-0.39, 0.29) is 12.7 Å². The van der Waals surface area contributed by atoms with E-state index in [0.29, 0.717) is 15.0 Å². The number of nitrogens with zero attached hydrogens (tertiary/aromatic N) is 1. The van der Waals surface area contributed by atoms with Crippen molar-refractivity contribution in [3.8, 4) is 11.5 Å². The molecule has 0 bridgehead atoms. The average molecular weight is 398 g/mol. The summed E-state index contributed by atoms with van der Waals surface area (Å²) < 4.78 is 11.3. The Morgan fingerprint density at radius 2 is 1.93 bits per heavy atom. The van der Waals surface area contributed by atoms with Crippen LogP contribution in [0.15, 0.2) is 47.4 Å². The fraction of sp³-hybridized carbons (Fsp3) is 0.238. The normalized spacial score (nSPS) is 17.2. The molecule has 6 heteroatoms. The molecule has 2 aromatic rings. The van der Waals surface area contributed by atoms with Crippen LogP contribution in [0.2, 0.25) is 0 Å². The van der Waals surface area contributed by atoms with Gasteiger partial charge in [0.25, 0.3) is 5.91 Å². The number of rotatable bonds is 5. The molecule has 4 nitrogen and oxygen atoms in total. The Bertz CT molecular complexity index is 922. The second kappa shape index (κ2) is 7.74. The predicted molar refractivity (Wildman–Crippen MR) is 113 cm³/mol. The van der Waals surface area contributed by atoms with Gasteiger partial charge in [-0.25, -0.2) is 0 Å². The van der Waals surface area contributed by atoms with Crippen LogP contribution < -0.4 is 14.4 Å². The van der Waals surface area contributed by atoms with Gasteiger partial charge in [0.2, 0.25) is 6.79 Å². The highest BCUT2D eigenvalue weighted by atomic mass is 32.2. The molecular formula is C21H19NO3S2. The molecule has 138 valence electrons. The van der Waals surface area contributed by atoms with E-state index >= 15 is 0 Å². The highest BCUT2D eigenvalue weighted by Crippen LogP contribution is 2.38. The lowest BCUT2D eigenvalue weighted by Gasteiger charge is -2.15. The minimum Gasteiger partial charge on any atom is -0.454 e. The second-order valence-electron chi connectivity index (χ2n) is 6.40. The van der Waals surface area contributed by atoms with Crippen LogP contribution in [0.5, 0.6) is 11.5 Å². The third kappa shape index (κ3) is 3.73. The Kier molecular flexibility index (Phi) is 5.18. The molecule has 2 aliphatic rings. The van der Waals surface area contributed by atoms with E-state index in [0.717, 1.165) is 23.4 Å². The lowest BCUT2D eigenvalue weighted by atomic mass is 10.1. The van der Waals surface area contributed by atoms with Gasteiger partial charge in [-0.05, 0) is 54.3 Å². The van der Waals surface area contributed by atoms with Gasteiger partial charge in [0.1, 0.15) is 0 Å². The summed E-state index contributed by atoms with van der Waals surface area (Å²) in [6.45, 7) is 2.41. The van der Waals surface area contributed by atoms with Gasteiger partial charge in [-0.1, -0.05) is 55.5 Å². The van der Waals surface area contributed by atoms with Crippen molar-refractivity contribution in [1.29, 1.82) is 0 Å². The Morgan fingerprint density at radius 3 is 2.70 bits per heavy atom. The molecule has 27 heavy (non-hydrogen) atoms. The minimum absolute atomic E-state index is 0.0935. The van der Waals surface area contributed by atoms with Gasteiger partial charge in [0, 0.05) is 0 Å². The number of fused-ring (bicyclic) bond motifs is 1. The minimum atomic E-state index is -0.0935. The molecule has 0 unspecified atom stereocenters. The topological polar surface area (TPSA) is 38.8 Å².